The van der Waals surface area contributed by atoms with Crippen molar-refractivity contribution in [2.45, 2.75) is 6.54 Å². The van der Waals surface area contributed by atoms with Crippen LogP contribution in [-0.4, -0.2) is 32.7 Å². The first-order chi connectivity index (χ1) is 12.6. The van der Waals surface area contributed by atoms with Crippen molar-refractivity contribution < 1.29 is 23.8 Å². The molecule has 0 spiro atoms. The smallest absolute Gasteiger partial charge is 0.331 e. The van der Waals surface area contributed by atoms with Gasteiger partial charge in [0.1, 0.15) is 11.5 Å². The molecular formula is C20H21NO5. The van der Waals surface area contributed by atoms with Crippen LogP contribution in [0.1, 0.15) is 11.1 Å². The summed E-state index contributed by atoms with van der Waals surface area (Å²) in [5.74, 6) is 0.237. The van der Waals surface area contributed by atoms with Crippen LogP contribution in [0.25, 0.3) is 6.08 Å². The van der Waals surface area contributed by atoms with Crippen molar-refractivity contribution in [1.82, 2.24) is 5.32 Å². The van der Waals surface area contributed by atoms with E-state index < -0.39 is 5.97 Å². The van der Waals surface area contributed by atoms with Gasteiger partial charge in [-0.15, -0.1) is 0 Å². The highest BCUT2D eigenvalue weighted by Crippen LogP contribution is 2.25. The molecule has 0 saturated heterocycles. The molecule has 0 saturated carbocycles. The molecule has 136 valence electrons. The quantitative estimate of drug-likeness (QED) is 0.582. The van der Waals surface area contributed by atoms with Gasteiger partial charge in [0.15, 0.2) is 6.61 Å². The van der Waals surface area contributed by atoms with Crippen LogP contribution in [0.5, 0.6) is 11.5 Å². The number of ether oxygens (including phenoxy) is 3. The topological polar surface area (TPSA) is 73.9 Å². The summed E-state index contributed by atoms with van der Waals surface area (Å²) in [4.78, 5) is 23.5. The Morgan fingerprint density at radius 1 is 1.04 bits per heavy atom. The number of amides is 1. The summed E-state index contributed by atoms with van der Waals surface area (Å²) < 4.78 is 15.3. The van der Waals surface area contributed by atoms with E-state index in [4.69, 9.17) is 14.2 Å². The number of esters is 1. The second-order valence-electron chi connectivity index (χ2n) is 5.31. The van der Waals surface area contributed by atoms with Crippen LogP contribution < -0.4 is 14.8 Å². The molecule has 6 heteroatoms. The van der Waals surface area contributed by atoms with Crippen LogP contribution in [0.2, 0.25) is 0 Å². The molecule has 1 N–H and O–H groups in total. The van der Waals surface area contributed by atoms with Crippen molar-refractivity contribution in [1.29, 1.82) is 0 Å². The monoisotopic (exact) mass is 355 g/mol. The molecule has 0 aliphatic rings. The Hall–Kier alpha value is -3.28. The van der Waals surface area contributed by atoms with Crippen LogP contribution >= 0.6 is 0 Å². The second kappa shape index (κ2) is 9.88. The summed E-state index contributed by atoms with van der Waals surface area (Å²) in [5, 5.41) is 2.68. The van der Waals surface area contributed by atoms with Crippen molar-refractivity contribution >= 4 is 18.0 Å². The zero-order chi connectivity index (χ0) is 18.8. The molecule has 0 aliphatic carbocycles. The molecule has 0 unspecified atom stereocenters. The van der Waals surface area contributed by atoms with Gasteiger partial charge in [-0.05, 0) is 23.8 Å². The van der Waals surface area contributed by atoms with Crippen molar-refractivity contribution in [3.8, 4) is 11.5 Å². The minimum atomic E-state index is -0.613. The molecular weight excluding hydrogens is 334 g/mol. The Morgan fingerprint density at radius 3 is 2.50 bits per heavy atom. The number of methoxy groups -OCH3 is 2. The van der Waals surface area contributed by atoms with Crippen molar-refractivity contribution in [2.24, 2.45) is 0 Å². The van der Waals surface area contributed by atoms with E-state index in [2.05, 4.69) is 5.32 Å². The Morgan fingerprint density at radius 2 is 1.81 bits per heavy atom. The normalized spacial score (nSPS) is 10.4. The van der Waals surface area contributed by atoms with Gasteiger partial charge in [0.2, 0.25) is 0 Å². The summed E-state index contributed by atoms with van der Waals surface area (Å²) in [7, 11) is 3.09. The van der Waals surface area contributed by atoms with Crippen LogP contribution in [-0.2, 0) is 20.9 Å². The van der Waals surface area contributed by atoms with Gasteiger partial charge in [-0.25, -0.2) is 4.79 Å². The van der Waals surface area contributed by atoms with Crippen LogP contribution in [0.15, 0.2) is 54.6 Å². The first kappa shape index (κ1) is 19.1. The zero-order valence-electron chi connectivity index (χ0n) is 14.7. The maximum absolute atomic E-state index is 11.8. The summed E-state index contributed by atoms with van der Waals surface area (Å²) in [6.07, 6.45) is 2.80. The summed E-state index contributed by atoms with van der Waals surface area (Å²) >= 11 is 0. The number of rotatable bonds is 8. The third-order valence-corrected chi connectivity index (χ3v) is 3.52. The average Bonchev–Trinajstić information content (AvgIpc) is 2.69. The molecule has 0 fully saturated rings. The summed E-state index contributed by atoms with van der Waals surface area (Å²) in [6, 6.07) is 14.7. The third-order valence-electron chi connectivity index (χ3n) is 3.52. The lowest BCUT2D eigenvalue weighted by molar-refractivity contribution is -0.143. The van der Waals surface area contributed by atoms with E-state index in [9.17, 15) is 9.59 Å². The predicted molar refractivity (Wildman–Crippen MR) is 97.8 cm³/mol. The molecule has 0 heterocycles. The highest BCUT2D eigenvalue weighted by Gasteiger charge is 2.06. The van der Waals surface area contributed by atoms with Gasteiger partial charge in [-0.1, -0.05) is 30.3 Å². The fourth-order valence-corrected chi connectivity index (χ4v) is 2.15. The molecule has 0 aromatic heterocycles. The van der Waals surface area contributed by atoms with Crippen molar-refractivity contribution in [2.75, 3.05) is 20.8 Å². The number of hydrogen-bond donors (Lipinski definition) is 1. The average molecular weight is 355 g/mol. The van der Waals surface area contributed by atoms with Crippen LogP contribution in [0.4, 0.5) is 0 Å². The van der Waals surface area contributed by atoms with Gasteiger partial charge in [-0.2, -0.15) is 0 Å². The summed E-state index contributed by atoms with van der Waals surface area (Å²) in [5.41, 5.74) is 1.66. The first-order valence-electron chi connectivity index (χ1n) is 8.00. The van der Waals surface area contributed by atoms with Gasteiger partial charge in [-0.3, -0.25) is 4.79 Å². The van der Waals surface area contributed by atoms with Crippen LogP contribution in [0.3, 0.4) is 0 Å². The zero-order valence-corrected chi connectivity index (χ0v) is 14.7. The Kier molecular flexibility index (Phi) is 7.24. The summed E-state index contributed by atoms with van der Waals surface area (Å²) in [6.45, 7) is 0.0475. The molecule has 2 aromatic carbocycles. The largest absolute Gasteiger partial charge is 0.497 e. The number of benzene rings is 2. The lowest BCUT2D eigenvalue weighted by Crippen LogP contribution is -2.28. The Bertz CT molecular complexity index is 771. The lowest BCUT2D eigenvalue weighted by Gasteiger charge is -2.07. The van der Waals surface area contributed by atoms with Crippen LogP contribution in [0, 0.1) is 0 Å². The van der Waals surface area contributed by atoms with Gasteiger partial charge in [0.05, 0.1) is 14.2 Å². The lowest BCUT2D eigenvalue weighted by atomic mass is 10.2. The molecule has 2 rings (SSSR count). The number of nitrogens with one attached hydrogen (secondary N) is 1. The molecule has 2 aromatic rings. The first-order valence-corrected chi connectivity index (χ1v) is 8.00. The molecule has 6 nitrogen and oxygen atoms in total. The molecule has 1 amide bonds. The predicted octanol–water partition coefficient (Wildman–Crippen LogP) is 2.58. The van der Waals surface area contributed by atoms with E-state index >= 15 is 0 Å². The molecule has 0 radical (unpaired) electrons. The molecule has 0 bridgehead atoms. The van der Waals surface area contributed by atoms with E-state index in [1.807, 2.05) is 30.3 Å². The second-order valence-corrected chi connectivity index (χ2v) is 5.31. The molecule has 0 aliphatic heterocycles. The highest BCUT2D eigenvalue weighted by molar-refractivity contribution is 5.89. The fourth-order valence-electron chi connectivity index (χ4n) is 2.15. The minimum absolute atomic E-state index is 0.338. The highest BCUT2D eigenvalue weighted by atomic mass is 16.5. The van der Waals surface area contributed by atoms with Gasteiger partial charge in [0, 0.05) is 24.3 Å². The van der Waals surface area contributed by atoms with Gasteiger partial charge < -0.3 is 19.5 Å². The van der Waals surface area contributed by atoms with E-state index in [1.165, 1.54) is 13.2 Å². The maximum atomic E-state index is 11.8. The minimum Gasteiger partial charge on any atom is -0.497 e. The SMILES string of the molecule is COc1ccc(/C=C/C(=O)OCC(=O)NCc2ccccc2)c(OC)c1. The maximum Gasteiger partial charge on any atom is 0.331 e. The van der Waals surface area contributed by atoms with Crippen molar-refractivity contribution in [3.05, 3.63) is 65.7 Å². The Labute approximate surface area is 152 Å². The molecule has 26 heavy (non-hydrogen) atoms. The fraction of sp³-hybridized carbons (Fsp3) is 0.200. The van der Waals surface area contributed by atoms with Gasteiger partial charge >= 0.3 is 5.97 Å². The van der Waals surface area contributed by atoms with E-state index in [0.717, 1.165) is 5.56 Å². The van der Waals surface area contributed by atoms with Crippen molar-refractivity contribution in [3.63, 3.8) is 0 Å². The number of hydrogen-bond acceptors (Lipinski definition) is 5. The van der Waals surface area contributed by atoms with E-state index in [0.29, 0.717) is 23.6 Å². The van der Waals surface area contributed by atoms with Gasteiger partial charge in [0.25, 0.3) is 5.91 Å². The number of carbonyl (C=O) groups excluding carboxylic acids is 2. The number of carbonyl (C=O) groups is 2. The molecule has 0 atom stereocenters. The third kappa shape index (κ3) is 5.98. The standard InChI is InChI=1S/C20H21NO5/c1-24-17-10-8-16(18(12-17)25-2)9-11-20(23)26-14-19(22)21-13-15-6-4-3-5-7-15/h3-12H,13-14H2,1-2H3,(H,21,22)/b11-9+. The Balaban J connectivity index is 1.81. The van der Waals surface area contributed by atoms with E-state index in [1.54, 1.807) is 31.4 Å². The van der Waals surface area contributed by atoms with E-state index in [-0.39, 0.29) is 12.5 Å².